The zero-order chi connectivity index (χ0) is 21.8. The van der Waals surface area contributed by atoms with Crippen LogP contribution in [0.25, 0.3) is 5.69 Å². The molecule has 3 N–H and O–H groups in total. The summed E-state index contributed by atoms with van der Waals surface area (Å²) in [5, 5.41) is 13.9. The molecule has 31 heavy (non-hydrogen) atoms. The number of nitrogens with one attached hydrogen (secondary N) is 1. The second-order valence-corrected chi connectivity index (χ2v) is 9.05. The van der Waals surface area contributed by atoms with Crippen LogP contribution in [0.3, 0.4) is 0 Å². The van der Waals surface area contributed by atoms with Gasteiger partial charge >= 0.3 is 0 Å². The highest BCUT2D eigenvalue weighted by Gasteiger charge is 2.25. The third-order valence-electron chi connectivity index (χ3n) is 4.74. The van der Waals surface area contributed by atoms with Gasteiger partial charge in [0.1, 0.15) is 5.00 Å². The Balaban J connectivity index is 1.57. The highest BCUT2D eigenvalue weighted by molar-refractivity contribution is 8.00. The predicted molar refractivity (Wildman–Crippen MR) is 121 cm³/mol. The van der Waals surface area contributed by atoms with E-state index in [1.54, 1.807) is 18.4 Å². The number of carbonyl (C=O) groups excluding carboxylic acids is 2. The van der Waals surface area contributed by atoms with Gasteiger partial charge in [0.15, 0.2) is 5.16 Å². The van der Waals surface area contributed by atoms with Crippen LogP contribution >= 0.6 is 23.1 Å². The highest BCUT2D eigenvalue weighted by atomic mass is 32.2. The first-order valence-corrected chi connectivity index (χ1v) is 11.5. The Hall–Kier alpha value is -2.89. The summed E-state index contributed by atoms with van der Waals surface area (Å²) in [6.45, 7) is 4.49. The summed E-state index contributed by atoms with van der Waals surface area (Å²) >= 11 is 2.56. The maximum atomic E-state index is 12.8. The van der Waals surface area contributed by atoms with Gasteiger partial charge in [-0.25, -0.2) is 0 Å². The van der Waals surface area contributed by atoms with Gasteiger partial charge in [-0.2, -0.15) is 0 Å². The molecule has 162 valence electrons. The van der Waals surface area contributed by atoms with Crippen LogP contribution in [0.15, 0.2) is 46.9 Å². The molecule has 4 rings (SSSR count). The minimum absolute atomic E-state index is 0.245. The average molecular weight is 459 g/mol. The Labute approximate surface area is 187 Å². The lowest BCUT2D eigenvalue weighted by Crippen LogP contribution is -2.37. The first kappa shape index (κ1) is 21.3. The molecule has 3 aromatic rings. The van der Waals surface area contributed by atoms with Gasteiger partial charge < -0.3 is 20.7 Å². The zero-order valence-electron chi connectivity index (χ0n) is 16.9. The van der Waals surface area contributed by atoms with E-state index in [1.807, 2.05) is 34.9 Å². The summed E-state index contributed by atoms with van der Waals surface area (Å²) < 4.78 is 7.41. The van der Waals surface area contributed by atoms with Crippen LogP contribution < -0.4 is 16.0 Å². The zero-order valence-corrected chi connectivity index (χ0v) is 18.5. The summed E-state index contributed by atoms with van der Waals surface area (Å²) in [5.74, 6) is -0.0970. The number of hydrogen-bond donors (Lipinski definition) is 2. The fourth-order valence-corrected chi connectivity index (χ4v) is 4.79. The van der Waals surface area contributed by atoms with Crippen LogP contribution in [0.2, 0.25) is 0 Å². The van der Waals surface area contributed by atoms with Crippen LogP contribution in [-0.2, 0) is 9.53 Å². The van der Waals surface area contributed by atoms with Gasteiger partial charge in [0.05, 0.1) is 29.7 Å². The topological polar surface area (TPSA) is 115 Å². The molecule has 1 aliphatic rings. The molecular weight excluding hydrogens is 436 g/mol. The number of para-hydroxylation sites is 1. The number of morpholine rings is 1. The van der Waals surface area contributed by atoms with Gasteiger partial charge in [-0.05, 0) is 30.5 Å². The lowest BCUT2D eigenvalue weighted by molar-refractivity contribution is -0.115. The summed E-state index contributed by atoms with van der Waals surface area (Å²) in [6.07, 6.45) is 0. The van der Waals surface area contributed by atoms with E-state index in [9.17, 15) is 9.59 Å². The number of nitrogens with zero attached hydrogens (tertiary/aromatic N) is 4. The van der Waals surface area contributed by atoms with E-state index in [-0.39, 0.29) is 5.91 Å². The third-order valence-corrected chi connectivity index (χ3v) is 6.62. The molecule has 1 saturated heterocycles. The largest absolute Gasteiger partial charge is 0.378 e. The minimum Gasteiger partial charge on any atom is -0.378 e. The molecule has 1 aliphatic heterocycles. The van der Waals surface area contributed by atoms with Crippen molar-refractivity contribution in [1.29, 1.82) is 0 Å². The van der Waals surface area contributed by atoms with E-state index in [0.29, 0.717) is 28.9 Å². The van der Waals surface area contributed by atoms with Crippen LogP contribution in [0.1, 0.15) is 17.3 Å². The van der Waals surface area contributed by atoms with Crippen LogP contribution in [-0.4, -0.2) is 58.1 Å². The first-order chi connectivity index (χ1) is 15.0. The number of thioether (sulfide) groups is 1. The van der Waals surface area contributed by atoms with Crippen molar-refractivity contribution >= 4 is 45.9 Å². The molecule has 1 unspecified atom stereocenters. The number of rotatable bonds is 7. The fourth-order valence-electron chi connectivity index (χ4n) is 3.14. The van der Waals surface area contributed by atoms with E-state index >= 15 is 0 Å². The normalized spacial score (nSPS) is 14.9. The molecule has 2 aromatic heterocycles. The Morgan fingerprint density at radius 1 is 1.19 bits per heavy atom. The van der Waals surface area contributed by atoms with Crippen LogP contribution in [0, 0.1) is 0 Å². The number of ether oxygens (including phenoxy) is 1. The predicted octanol–water partition coefficient (Wildman–Crippen LogP) is 2.38. The Morgan fingerprint density at radius 3 is 2.65 bits per heavy atom. The van der Waals surface area contributed by atoms with Crippen molar-refractivity contribution in [1.82, 2.24) is 14.8 Å². The summed E-state index contributed by atoms with van der Waals surface area (Å²) in [7, 11) is 0. The van der Waals surface area contributed by atoms with Crippen molar-refractivity contribution in [2.45, 2.75) is 17.3 Å². The van der Waals surface area contributed by atoms with Gasteiger partial charge in [-0.1, -0.05) is 30.0 Å². The molecular formula is C20H22N6O3S2. The molecule has 0 aliphatic carbocycles. The number of primary amides is 1. The van der Waals surface area contributed by atoms with Crippen molar-refractivity contribution in [3.8, 4) is 5.69 Å². The third kappa shape index (κ3) is 4.73. The molecule has 3 heterocycles. The SMILES string of the molecule is CC(Sc1nnc(N2CCOCC2)n1-c1ccccc1)C(=O)Nc1sccc1C(N)=O. The van der Waals surface area contributed by atoms with E-state index in [2.05, 4.69) is 20.4 Å². The first-order valence-electron chi connectivity index (χ1n) is 9.73. The molecule has 0 spiro atoms. The minimum atomic E-state index is -0.573. The van der Waals surface area contributed by atoms with Gasteiger partial charge in [0.2, 0.25) is 11.9 Å². The molecule has 1 aromatic carbocycles. The van der Waals surface area contributed by atoms with Crippen molar-refractivity contribution < 1.29 is 14.3 Å². The number of thiophene rings is 1. The average Bonchev–Trinajstić information content (AvgIpc) is 3.42. The standard InChI is InChI=1S/C20H22N6O3S2/c1-13(17(28)22-18-15(16(21)27)7-12-30-18)31-20-24-23-19(25-8-10-29-11-9-25)26(20)14-5-3-2-4-6-14/h2-7,12-13H,8-11H2,1H3,(H2,21,27)(H,22,28). The van der Waals surface area contributed by atoms with Gasteiger partial charge in [0.25, 0.3) is 5.91 Å². The van der Waals surface area contributed by atoms with Crippen LogP contribution in [0.5, 0.6) is 0 Å². The molecule has 2 amide bonds. The number of hydrogen-bond acceptors (Lipinski definition) is 8. The van der Waals surface area contributed by atoms with Crippen molar-refractivity contribution in [2.75, 3.05) is 36.5 Å². The number of carbonyl (C=O) groups is 2. The maximum Gasteiger partial charge on any atom is 0.251 e. The van der Waals surface area contributed by atoms with E-state index in [1.165, 1.54) is 23.1 Å². The lowest BCUT2D eigenvalue weighted by atomic mass is 10.3. The Morgan fingerprint density at radius 2 is 1.94 bits per heavy atom. The fraction of sp³-hybridized carbons (Fsp3) is 0.300. The molecule has 9 nitrogen and oxygen atoms in total. The quantitative estimate of drug-likeness (QED) is 0.522. The van der Waals surface area contributed by atoms with Crippen LogP contribution in [0.4, 0.5) is 10.9 Å². The van der Waals surface area contributed by atoms with E-state index in [4.69, 9.17) is 10.5 Å². The molecule has 0 radical (unpaired) electrons. The number of nitrogens with two attached hydrogens (primary N) is 1. The lowest BCUT2D eigenvalue weighted by Gasteiger charge is -2.28. The Bertz CT molecular complexity index is 1060. The van der Waals surface area contributed by atoms with Gasteiger partial charge in [-0.3, -0.25) is 14.2 Å². The van der Waals surface area contributed by atoms with Crippen molar-refractivity contribution in [2.24, 2.45) is 5.73 Å². The highest BCUT2D eigenvalue weighted by Crippen LogP contribution is 2.31. The molecule has 0 bridgehead atoms. The van der Waals surface area contributed by atoms with E-state index < -0.39 is 11.2 Å². The summed E-state index contributed by atoms with van der Waals surface area (Å²) in [6, 6.07) is 11.4. The summed E-state index contributed by atoms with van der Waals surface area (Å²) in [5.41, 5.74) is 6.59. The van der Waals surface area contributed by atoms with Crippen molar-refractivity contribution in [3.05, 3.63) is 47.3 Å². The number of amides is 2. The second-order valence-electron chi connectivity index (χ2n) is 6.83. The molecule has 11 heteroatoms. The monoisotopic (exact) mass is 458 g/mol. The molecule has 1 fully saturated rings. The molecule has 0 saturated carbocycles. The number of benzene rings is 1. The number of anilines is 2. The second kappa shape index (κ2) is 9.50. The van der Waals surface area contributed by atoms with Crippen molar-refractivity contribution in [3.63, 3.8) is 0 Å². The summed E-state index contributed by atoms with van der Waals surface area (Å²) in [4.78, 5) is 26.4. The maximum absolute atomic E-state index is 12.8. The van der Waals surface area contributed by atoms with E-state index in [0.717, 1.165) is 24.7 Å². The molecule has 1 atom stereocenters. The smallest absolute Gasteiger partial charge is 0.251 e. The number of aromatic nitrogens is 3. The Kier molecular flexibility index (Phi) is 6.54. The van der Waals surface area contributed by atoms with Gasteiger partial charge in [-0.15, -0.1) is 21.5 Å². The van der Waals surface area contributed by atoms with Gasteiger partial charge in [0, 0.05) is 13.1 Å².